The van der Waals surface area contributed by atoms with Crippen LogP contribution in [0, 0.1) is 0 Å². The maximum atomic E-state index is 12.2. The molecule has 1 aromatic rings. The van der Waals surface area contributed by atoms with Crippen molar-refractivity contribution in [2.24, 2.45) is 0 Å². The van der Waals surface area contributed by atoms with E-state index in [0.29, 0.717) is 18.7 Å². The highest BCUT2D eigenvalue weighted by molar-refractivity contribution is 7.88. The molecule has 136 valence electrons. The fraction of sp³-hybridized carbons (Fsp3) is 0.600. The third kappa shape index (κ3) is 6.48. The smallest absolute Gasteiger partial charge is 0.214 e. The van der Waals surface area contributed by atoms with Crippen LogP contribution in [0.5, 0.6) is 0 Å². The lowest BCUT2D eigenvalue weighted by Gasteiger charge is -2.20. The van der Waals surface area contributed by atoms with E-state index in [1.165, 1.54) is 4.31 Å². The van der Waals surface area contributed by atoms with Crippen molar-refractivity contribution in [2.45, 2.75) is 31.4 Å². The van der Waals surface area contributed by atoms with Crippen LogP contribution in [0.3, 0.4) is 0 Å². The van der Waals surface area contributed by atoms with Gasteiger partial charge < -0.3 is 0 Å². The fourth-order valence-electron chi connectivity index (χ4n) is 2.60. The average molecular weight is 376 g/mol. The number of nitrogens with zero attached hydrogens (tertiary/aromatic N) is 1. The molecule has 1 aliphatic heterocycles. The second kappa shape index (κ2) is 8.91. The highest BCUT2D eigenvalue weighted by Crippen LogP contribution is 2.12. The van der Waals surface area contributed by atoms with Crippen LogP contribution >= 0.6 is 0 Å². The summed E-state index contributed by atoms with van der Waals surface area (Å²) in [7, 11) is -7.02. The van der Waals surface area contributed by atoms with Gasteiger partial charge in [-0.1, -0.05) is 43.2 Å². The highest BCUT2D eigenvalue weighted by Gasteiger charge is 2.22. The first-order valence-corrected chi connectivity index (χ1v) is 11.2. The van der Waals surface area contributed by atoms with E-state index in [-0.39, 0.29) is 18.8 Å². The summed E-state index contributed by atoms with van der Waals surface area (Å²) in [6.07, 6.45) is 3.83. The summed E-state index contributed by atoms with van der Waals surface area (Å²) in [4.78, 5) is 0. The van der Waals surface area contributed by atoms with Gasteiger partial charge in [0.05, 0.1) is 5.75 Å². The number of rotatable bonds is 8. The monoisotopic (exact) mass is 375 g/mol. The summed E-state index contributed by atoms with van der Waals surface area (Å²) in [6.45, 7) is 1.11. The molecular weight excluding hydrogens is 350 g/mol. The molecule has 2 rings (SSSR count). The molecule has 1 heterocycles. The van der Waals surface area contributed by atoms with Crippen LogP contribution < -0.4 is 9.44 Å². The van der Waals surface area contributed by atoms with Crippen LogP contribution in [-0.2, 0) is 26.0 Å². The Labute approximate surface area is 144 Å². The minimum Gasteiger partial charge on any atom is -0.214 e. The largest absolute Gasteiger partial charge is 0.279 e. The SMILES string of the molecule is O=S(=O)(Cc1ccccc1)NCCNS(=O)(=O)N1CCCCCC1. The molecule has 2 N–H and O–H groups in total. The van der Waals surface area contributed by atoms with Crippen LogP contribution in [0.1, 0.15) is 31.2 Å². The molecule has 0 aromatic heterocycles. The fourth-order valence-corrected chi connectivity index (χ4v) is 5.03. The number of nitrogens with one attached hydrogen (secondary N) is 2. The van der Waals surface area contributed by atoms with E-state index in [1.807, 2.05) is 6.07 Å². The molecule has 0 amide bonds. The second-order valence-corrected chi connectivity index (χ2v) is 9.41. The van der Waals surface area contributed by atoms with Crippen molar-refractivity contribution in [3.63, 3.8) is 0 Å². The van der Waals surface area contributed by atoms with E-state index in [9.17, 15) is 16.8 Å². The summed E-state index contributed by atoms with van der Waals surface area (Å²) in [6, 6.07) is 8.85. The number of sulfonamides is 1. The first-order valence-electron chi connectivity index (χ1n) is 8.15. The van der Waals surface area contributed by atoms with Crippen molar-refractivity contribution in [1.82, 2.24) is 13.7 Å². The molecule has 7 nitrogen and oxygen atoms in total. The van der Waals surface area contributed by atoms with Gasteiger partial charge in [0, 0.05) is 26.2 Å². The Balaban J connectivity index is 1.77. The van der Waals surface area contributed by atoms with Crippen LogP contribution in [0.4, 0.5) is 0 Å². The normalized spacial score (nSPS) is 17.5. The lowest BCUT2D eigenvalue weighted by molar-refractivity contribution is 0.415. The molecule has 0 saturated carbocycles. The van der Waals surface area contributed by atoms with Crippen LogP contribution in [0.2, 0.25) is 0 Å². The van der Waals surface area contributed by atoms with Crippen LogP contribution in [0.15, 0.2) is 30.3 Å². The second-order valence-electron chi connectivity index (χ2n) is 5.85. The molecule has 0 unspecified atom stereocenters. The van der Waals surface area contributed by atoms with Gasteiger partial charge in [0.15, 0.2) is 0 Å². The Kier molecular flexibility index (Phi) is 7.17. The van der Waals surface area contributed by atoms with E-state index in [1.54, 1.807) is 24.3 Å². The lowest BCUT2D eigenvalue weighted by atomic mass is 10.2. The van der Waals surface area contributed by atoms with Gasteiger partial charge in [0.1, 0.15) is 0 Å². The Morgan fingerprint density at radius 1 is 0.833 bits per heavy atom. The number of benzene rings is 1. The highest BCUT2D eigenvalue weighted by atomic mass is 32.2. The standard InChI is InChI=1S/C15H25N3O4S2/c19-23(20,14-15-8-4-3-5-9-15)16-10-11-17-24(21,22)18-12-6-1-2-7-13-18/h3-5,8-9,16-17H,1-2,6-7,10-14H2. The maximum absolute atomic E-state index is 12.2. The molecule has 1 aromatic carbocycles. The van der Waals surface area contributed by atoms with Gasteiger partial charge in [0.25, 0.3) is 10.2 Å². The maximum Gasteiger partial charge on any atom is 0.279 e. The number of hydrogen-bond acceptors (Lipinski definition) is 4. The van der Waals surface area contributed by atoms with Gasteiger partial charge in [0.2, 0.25) is 10.0 Å². The molecule has 1 fully saturated rings. The third-order valence-corrected chi connectivity index (χ3v) is 6.81. The van der Waals surface area contributed by atoms with Gasteiger partial charge in [-0.3, -0.25) is 0 Å². The summed E-state index contributed by atoms with van der Waals surface area (Å²) in [5.41, 5.74) is 0.690. The summed E-state index contributed by atoms with van der Waals surface area (Å²) in [5, 5.41) is 0. The predicted octanol–water partition coefficient (Wildman–Crippen LogP) is 0.816. The minimum absolute atomic E-state index is 0.0300. The summed E-state index contributed by atoms with van der Waals surface area (Å²) < 4.78 is 54.7. The minimum atomic E-state index is -3.53. The van der Waals surface area contributed by atoms with Crippen molar-refractivity contribution < 1.29 is 16.8 Å². The molecule has 0 atom stereocenters. The van der Waals surface area contributed by atoms with Gasteiger partial charge in [-0.05, 0) is 18.4 Å². The van der Waals surface area contributed by atoms with Crippen molar-refractivity contribution in [1.29, 1.82) is 0 Å². The Bertz CT molecular complexity index is 697. The zero-order chi connectivity index (χ0) is 17.5. The van der Waals surface area contributed by atoms with E-state index in [4.69, 9.17) is 0 Å². The molecule has 0 spiro atoms. The Hall–Kier alpha value is -1.00. The van der Waals surface area contributed by atoms with Crippen LogP contribution in [-0.4, -0.2) is 47.3 Å². The lowest BCUT2D eigenvalue weighted by Crippen LogP contribution is -2.44. The zero-order valence-corrected chi connectivity index (χ0v) is 15.3. The summed E-state index contributed by atoms with van der Waals surface area (Å²) >= 11 is 0. The van der Waals surface area contributed by atoms with Crippen molar-refractivity contribution >= 4 is 20.2 Å². The van der Waals surface area contributed by atoms with E-state index < -0.39 is 20.2 Å². The molecule has 0 aliphatic carbocycles. The zero-order valence-electron chi connectivity index (χ0n) is 13.6. The van der Waals surface area contributed by atoms with E-state index >= 15 is 0 Å². The quantitative estimate of drug-likeness (QED) is 0.658. The van der Waals surface area contributed by atoms with Gasteiger partial charge in [-0.25, -0.2) is 17.9 Å². The molecule has 9 heteroatoms. The van der Waals surface area contributed by atoms with E-state index in [0.717, 1.165) is 25.7 Å². The van der Waals surface area contributed by atoms with Gasteiger partial charge in [-0.15, -0.1) is 0 Å². The number of hydrogen-bond donors (Lipinski definition) is 2. The molecule has 24 heavy (non-hydrogen) atoms. The third-order valence-electron chi connectivity index (χ3n) is 3.84. The molecule has 1 saturated heterocycles. The molecule has 0 radical (unpaired) electrons. The van der Waals surface area contributed by atoms with Crippen molar-refractivity contribution in [3.8, 4) is 0 Å². The van der Waals surface area contributed by atoms with Gasteiger partial charge >= 0.3 is 0 Å². The summed E-state index contributed by atoms with van der Waals surface area (Å²) in [5.74, 6) is -0.118. The Morgan fingerprint density at radius 3 is 2.04 bits per heavy atom. The van der Waals surface area contributed by atoms with E-state index in [2.05, 4.69) is 9.44 Å². The van der Waals surface area contributed by atoms with Crippen LogP contribution in [0.25, 0.3) is 0 Å². The first-order chi connectivity index (χ1) is 11.4. The molecular formula is C15H25N3O4S2. The molecule has 0 bridgehead atoms. The van der Waals surface area contributed by atoms with Crippen molar-refractivity contribution in [2.75, 3.05) is 26.2 Å². The van der Waals surface area contributed by atoms with Crippen molar-refractivity contribution in [3.05, 3.63) is 35.9 Å². The predicted molar refractivity (Wildman–Crippen MR) is 94.0 cm³/mol. The average Bonchev–Trinajstić information content (AvgIpc) is 2.82. The molecule has 1 aliphatic rings. The van der Waals surface area contributed by atoms with Gasteiger partial charge in [-0.2, -0.15) is 12.7 Å². The topological polar surface area (TPSA) is 95.6 Å². The Morgan fingerprint density at radius 2 is 1.42 bits per heavy atom. The first kappa shape index (κ1) is 19.3.